The zero-order valence-corrected chi connectivity index (χ0v) is 9.80. The molecule has 1 aliphatic carbocycles. The molecule has 1 aliphatic rings. The monoisotopic (exact) mass is 243 g/mol. The number of carboxylic acid groups (broad SMARTS) is 1. The van der Waals surface area contributed by atoms with Gasteiger partial charge in [0.25, 0.3) is 0 Å². The van der Waals surface area contributed by atoms with Crippen molar-refractivity contribution >= 4 is 16.9 Å². The lowest BCUT2D eigenvalue weighted by molar-refractivity contribution is 0.0699. The molecule has 1 aromatic heterocycles. The van der Waals surface area contributed by atoms with Crippen LogP contribution in [0.1, 0.15) is 23.2 Å². The molecule has 4 nitrogen and oxygen atoms in total. The average Bonchev–Trinajstić information content (AvgIpc) is 3.19. The first kappa shape index (κ1) is 11.0. The van der Waals surface area contributed by atoms with Crippen LogP contribution in [0.2, 0.25) is 0 Å². The molecular formula is C14H13NO3. The predicted octanol–water partition coefficient (Wildman–Crippen LogP) is 2.72. The maximum absolute atomic E-state index is 11.1. The third kappa shape index (κ3) is 2.14. The molecule has 0 amide bonds. The number of pyridine rings is 1. The summed E-state index contributed by atoms with van der Waals surface area (Å²) in [4.78, 5) is 15.4. The minimum atomic E-state index is -0.936. The van der Waals surface area contributed by atoms with Crippen LogP contribution in [-0.2, 0) is 0 Å². The van der Waals surface area contributed by atoms with E-state index in [9.17, 15) is 4.79 Å². The van der Waals surface area contributed by atoms with Crippen molar-refractivity contribution in [1.29, 1.82) is 0 Å². The topological polar surface area (TPSA) is 59.4 Å². The number of aromatic nitrogens is 1. The van der Waals surface area contributed by atoms with Crippen molar-refractivity contribution in [1.82, 2.24) is 4.98 Å². The molecule has 0 aliphatic heterocycles. The molecule has 1 saturated carbocycles. The van der Waals surface area contributed by atoms with Crippen LogP contribution in [0.15, 0.2) is 30.3 Å². The van der Waals surface area contributed by atoms with Crippen LogP contribution in [0.3, 0.4) is 0 Å². The third-order valence-corrected chi connectivity index (χ3v) is 3.10. The van der Waals surface area contributed by atoms with Crippen LogP contribution >= 0.6 is 0 Å². The second-order valence-corrected chi connectivity index (χ2v) is 4.58. The van der Waals surface area contributed by atoms with E-state index in [-0.39, 0.29) is 5.56 Å². The molecule has 0 atom stereocenters. The van der Waals surface area contributed by atoms with Gasteiger partial charge in [0.1, 0.15) is 0 Å². The highest BCUT2D eigenvalue weighted by molar-refractivity contribution is 6.02. The molecule has 0 saturated heterocycles. The number of carbonyl (C=O) groups is 1. The van der Waals surface area contributed by atoms with Crippen molar-refractivity contribution in [3.05, 3.63) is 35.9 Å². The van der Waals surface area contributed by atoms with Crippen LogP contribution in [0.4, 0.5) is 0 Å². The third-order valence-electron chi connectivity index (χ3n) is 3.10. The van der Waals surface area contributed by atoms with Gasteiger partial charge in [-0.3, -0.25) is 0 Å². The lowest BCUT2D eigenvalue weighted by atomic mass is 10.1. The number of rotatable bonds is 4. The van der Waals surface area contributed by atoms with Gasteiger partial charge < -0.3 is 9.84 Å². The van der Waals surface area contributed by atoms with Crippen LogP contribution in [0.25, 0.3) is 10.9 Å². The number of hydrogen-bond acceptors (Lipinski definition) is 3. The summed E-state index contributed by atoms with van der Waals surface area (Å²) in [7, 11) is 0. The van der Waals surface area contributed by atoms with Crippen molar-refractivity contribution in [2.75, 3.05) is 6.61 Å². The fourth-order valence-corrected chi connectivity index (χ4v) is 1.89. The Bertz CT molecular complexity index is 605. The Balaban J connectivity index is 1.93. The Morgan fingerprint density at radius 1 is 1.33 bits per heavy atom. The summed E-state index contributed by atoms with van der Waals surface area (Å²) in [6.45, 7) is 0.705. The van der Waals surface area contributed by atoms with Gasteiger partial charge in [0, 0.05) is 11.5 Å². The van der Waals surface area contributed by atoms with Gasteiger partial charge in [0.05, 0.1) is 17.7 Å². The number of benzene rings is 1. The Morgan fingerprint density at radius 2 is 2.17 bits per heavy atom. The Hall–Kier alpha value is -2.10. The molecular weight excluding hydrogens is 230 g/mol. The van der Waals surface area contributed by atoms with E-state index in [4.69, 9.17) is 9.84 Å². The van der Waals surface area contributed by atoms with E-state index in [1.807, 2.05) is 0 Å². The minimum Gasteiger partial charge on any atom is -0.478 e. The molecule has 92 valence electrons. The first-order valence-corrected chi connectivity index (χ1v) is 6.00. The average molecular weight is 243 g/mol. The van der Waals surface area contributed by atoms with Gasteiger partial charge in [-0.1, -0.05) is 6.07 Å². The molecule has 0 radical (unpaired) electrons. The molecule has 4 heteroatoms. The number of fused-ring (bicyclic) bond motifs is 1. The predicted molar refractivity (Wildman–Crippen MR) is 66.9 cm³/mol. The molecule has 0 bridgehead atoms. The van der Waals surface area contributed by atoms with E-state index in [1.165, 1.54) is 12.8 Å². The van der Waals surface area contributed by atoms with Gasteiger partial charge in [-0.15, -0.1) is 0 Å². The summed E-state index contributed by atoms with van der Waals surface area (Å²) in [5.41, 5.74) is 0.928. The fraction of sp³-hybridized carbons (Fsp3) is 0.286. The van der Waals surface area contributed by atoms with E-state index in [2.05, 4.69) is 4.98 Å². The fourth-order valence-electron chi connectivity index (χ4n) is 1.89. The van der Waals surface area contributed by atoms with Crippen LogP contribution in [-0.4, -0.2) is 22.7 Å². The van der Waals surface area contributed by atoms with E-state index >= 15 is 0 Å². The molecule has 1 aromatic carbocycles. The summed E-state index contributed by atoms with van der Waals surface area (Å²) in [6.07, 6.45) is 2.47. The number of ether oxygens (including phenoxy) is 1. The lowest BCUT2D eigenvalue weighted by Gasteiger charge is -2.06. The molecule has 2 aromatic rings. The Labute approximate surface area is 104 Å². The summed E-state index contributed by atoms with van der Waals surface area (Å²) >= 11 is 0. The summed E-state index contributed by atoms with van der Waals surface area (Å²) < 4.78 is 5.58. The molecule has 0 spiro atoms. The summed E-state index contributed by atoms with van der Waals surface area (Å²) in [5, 5.41) is 9.72. The van der Waals surface area contributed by atoms with Gasteiger partial charge in [0.2, 0.25) is 5.88 Å². The summed E-state index contributed by atoms with van der Waals surface area (Å²) in [6, 6.07) is 8.57. The number of aromatic carboxylic acids is 1. The van der Waals surface area contributed by atoms with Gasteiger partial charge in [-0.25, -0.2) is 9.78 Å². The first-order chi connectivity index (χ1) is 8.74. The smallest absolute Gasteiger partial charge is 0.336 e. The van der Waals surface area contributed by atoms with Crippen molar-refractivity contribution in [2.24, 2.45) is 5.92 Å². The van der Waals surface area contributed by atoms with E-state index < -0.39 is 5.97 Å². The van der Waals surface area contributed by atoms with Gasteiger partial charge in [-0.2, -0.15) is 0 Å². The van der Waals surface area contributed by atoms with Crippen molar-refractivity contribution in [3.8, 4) is 5.88 Å². The first-order valence-electron chi connectivity index (χ1n) is 6.00. The lowest BCUT2D eigenvalue weighted by Crippen LogP contribution is -2.02. The molecule has 3 rings (SSSR count). The molecule has 1 heterocycles. The number of nitrogens with zero attached hydrogens (tertiary/aromatic N) is 1. The van der Waals surface area contributed by atoms with E-state index in [0.29, 0.717) is 29.3 Å². The second kappa shape index (κ2) is 4.29. The van der Waals surface area contributed by atoms with Crippen LogP contribution < -0.4 is 4.74 Å². The van der Waals surface area contributed by atoms with Crippen molar-refractivity contribution in [3.63, 3.8) is 0 Å². The molecule has 1 fully saturated rings. The SMILES string of the molecule is O=C(O)c1cccc2nc(OCC3CC3)ccc12. The molecule has 18 heavy (non-hydrogen) atoms. The largest absolute Gasteiger partial charge is 0.478 e. The van der Waals surface area contributed by atoms with E-state index in [1.54, 1.807) is 30.3 Å². The maximum Gasteiger partial charge on any atom is 0.336 e. The molecule has 0 unspecified atom stereocenters. The van der Waals surface area contributed by atoms with Gasteiger partial charge in [-0.05, 0) is 37.0 Å². The van der Waals surface area contributed by atoms with Crippen molar-refractivity contribution < 1.29 is 14.6 Å². The quantitative estimate of drug-likeness (QED) is 0.896. The van der Waals surface area contributed by atoms with E-state index in [0.717, 1.165) is 0 Å². The van der Waals surface area contributed by atoms with Crippen molar-refractivity contribution in [2.45, 2.75) is 12.8 Å². The minimum absolute atomic E-state index is 0.272. The van der Waals surface area contributed by atoms with Crippen LogP contribution in [0.5, 0.6) is 5.88 Å². The number of carboxylic acids is 1. The van der Waals surface area contributed by atoms with Gasteiger partial charge >= 0.3 is 5.97 Å². The zero-order valence-electron chi connectivity index (χ0n) is 9.80. The van der Waals surface area contributed by atoms with Crippen LogP contribution in [0, 0.1) is 5.92 Å². The molecule has 1 N–H and O–H groups in total. The van der Waals surface area contributed by atoms with Gasteiger partial charge in [0.15, 0.2) is 0 Å². The zero-order chi connectivity index (χ0) is 12.5. The Morgan fingerprint density at radius 3 is 2.89 bits per heavy atom. The highest BCUT2D eigenvalue weighted by Crippen LogP contribution is 2.29. The summed E-state index contributed by atoms with van der Waals surface area (Å²) in [5.74, 6) is 0.304. The highest BCUT2D eigenvalue weighted by Gasteiger charge is 2.22. The maximum atomic E-state index is 11.1. The highest BCUT2D eigenvalue weighted by atomic mass is 16.5. The standard InChI is InChI=1S/C14H13NO3/c16-14(17)11-2-1-3-12-10(11)6-7-13(15-12)18-8-9-4-5-9/h1-3,6-7,9H,4-5,8H2,(H,16,17). The Kier molecular flexibility index (Phi) is 2.63. The number of hydrogen-bond donors (Lipinski definition) is 1. The normalized spacial score (nSPS) is 14.7. The second-order valence-electron chi connectivity index (χ2n) is 4.58.